The van der Waals surface area contributed by atoms with E-state index in [0.717, 1.165) is 17.7 Å². The maximum absolute atomic E-state index is 13.1. The molecule has 1 unspecified atom stereocenters. The third-order valence-corrected chi connectivity index (χ3v) is 5.67. The van der Waals surface area contributed by atoms with Crippen molar-refractivity contribution >= 4 is 5.91 Å². The van der Waals surface area contributed by atoms with Crippen molar-refractivity contribution in [3.8, 4) is 0 Å². The van der Waals surface area contributed by atoms with Gasteiger partial charge in [-0.1, -0.05) is 44.2 Å². The molecule has 2 aromatic carbocycles. The molecule has 3 rings (SSSR count). The van der Waals surface area contributed by atoms with Gasteiger partial charge in [0.05, 0.1) is 12.1 Å². The minimum Gasteiger partial charge on any atom is -0.447 e. The summed E-state index contributed by atoms with van der Waals surface area (Å²) in [6.07, 6.45) is -3.17. The van der Waals surface area contributed by atoms with E-state index in [4.69, 9.17) is 4.42 Å². The van der Waals surface area contributed by atoms with E-state index in [-0.39, 0.29) is 49.0 Å². The van der Waals surface area contributed by atoms with E-state index < -0.39 is 17.6 Å². The zero-order valence-corrected chi connectivity index (χ0v) is 19.2. The first-order valence-electron chi connectivity index (χ1n) is 10.9. The van der Waals surface area contributed by atoms with E-state index in [0.29, 0.717) is 5.56 Å². The van der Waals surface area contributed by atoms with Crippen LogP contribution < -0.4 is 5.32 Å². The van der Waals surface area contributed by atoms with Crippen LogP contribution >= 0.6 is 0 Å². The summed E-state index contributed by atoms with van der Waals surface area (Å²) < 4.78 is 57.8. The lowest BCUT2D eigenvalue weighted by Gasteiger charge is -2.31. The van der Waals surface area contributed by atoms with E-state index in [1.807, 2.05) is 25.7 Å². The summed E-state index contributed by atoms with van der Waals surface area (Å²) in [6.45, 7) is 6.71. The normalized spacial score (nSPS) is 12.9. The van der Waals surface area contributed by atoms with E-state index in [2.05, 4.69) is 10.3 Å². The number of oxazole rings is 1. The van der Waals surface area contributed by atoms with Gasteiger partial charge in [0.25, 0.3) is 5.91 Å². The number of hydrogen-bond donors (Lipinski definition) is 1. The monoisotopic (exact) mass is 477 g/mol. The molecule has 3 aromatic rings. The van der Waals surface area contributed by atoms with Crippen molar-refractivity contribution in [3.05, 3.63) is 88.9 Å². The molecule has 0 aliphatic heterocycles. The van der Waals surface area contributed by atoms with Gasteiger partial charge in [0.1, 0.15) is 12.1 Å². The Labute approximate surface area is 195 Å². The number of hydrogen-bond acceptors (Lipinski definition) is 4. The smallest absolute Gasteiger partial charge is 0.416 e. The maximum Gasteiger partial charge on any atom is 0.416 e. The highest BCUT2D eigenvalue weighted by molar-refractivity contribution is 5.91. The molecule has 182 valence electrons. The van der Waals surface area contributed by atoms with Crippen LogP contribution in [0.5, 0.6) is 0 Å². The Morgan fingerprint density at radius 2 is 1.76 bits per heavy atom. The molecule has 1 N–H and O–H groups in total. The molecule has 0 bridgehead atoms. The molecular formula is C25H27F4N3O2. The van der Waals surface area contributed by atoms with Crippen molar-refractivity contribution in [2.24, 2.45) is 5.92 Å². The van der Waals surface area contributed by atoms with Gasteiger partial charge in [0.15, 0.2) is 5.69 Å². The van der Waals surface area contributed by atoms with Gasteiger partial charge in [-0.05, 0) is 42.2 Å². The first kappa shape index (κ1) is 25.4. The molecule has 0 saturated carbocycles. The van der Waals surface area contributed by atoms with Crippen LogP contribution in [0, 0.1) is 11.7 Å². The van der Waals surface area contributed by atoms with Crippen LogP contribution in [-0.2, 0) is 25.8 Å². The Balaban J connectivity index is 1.69. The molecule has 1 amide bonds. The van der Waals surface area contributed by atoms with Crippen molar-refractivity contribution < 1.29 is 26.8 Å². The van der Waals surface area contributed by atoms with Gasteiger partial charge >= 0.3 is 6.18 Å². The summed E-state index contributed by atoms with van der Waals surface area (Å²) in [6, 6.07) is 11.0. The van der Waals surface area contributed by atoms with Crippen LogP contribution in [-0.4, -0.2) is 21.8 Å². The van der Waals surface area contributed by atoms with Crippen molar-refractivity contribution in [1.29, 1.82) is 0 Å². The topological polar surface area (TPSA) is 58.4 Å². The molecule has 1 atom stereocenters. The second kappa shape index (κ2) is 10.8. The second-order valence-corrected chi connectivity index (χ2v) is 8.52. The number of benzene rings is 2. The summed E-state index contributed by atoms with van der Waals surface area (Å²) in [4.78, 5) is 18.6. The Morgan fingerprint density at radius 1 is 1.06 bits per heavy atom. The number of alkyl halides is 3. The van der Waals surface area contributed by atoms with E-state index in [1.54, 1.807) is 18.2 Å². The van der Waals surface area contributed by atoms with Crippen LogP contribution in [0.4, 0.5) is 17.6 Å². The van der Waals surface area contributed by atoms with Crippen molar-refractivity contribution in [2.75, 3.05) is 0 Å². The lowest BCUT2D eigenvalue weighted by atomic mass is 10.0. The fourth-order valence-electron chi connectivity index (χ4n) is 3.38. The predicted molar refractivity (Wildman–Crippen MR) is 119 cm³/mol. The van der Waals surface area contributed by atoms with E-state index >= 15 is 0 Å². The summed E-state index contributed by atoms with van der Waals surface area (Å²) >= 11 is 0. The molecule has 34 heavy (non-hydrogen) atoms. The fraction of sp³-hybridized carbons (Fsp3) is 0.360. The minimum atomic E-state index is -4.41. The standard InChI is InChI=1S/C25H27F4N3O2/c1-16(2)17(3)32(13-19-5-4-6-20(11-19)25(27,28)29)14-23-31-22(15-34-23)24(33)30-12-18-7-9-21(26)10-8-18/h4-11,15-17H,12-14H2,1-3H3,(H,30,33). The van der Waals surface area contributed by atoms with Crippen LogP contribution in [0.15, 0.2) is 59.2 Å². The lowest BCUT2D eigenvalue weighted by Crippen LogP contribution is -2.36. The summed E-state index contributed by atoms with van der Waals surface area (Å²) in [5.41, 5.74) is 0.648. The molecule has 0 fully saturated rings. The fourth-order valence-corrected chi connectivity index (χ4v) is 3.38. The summed E-state index contributed by atoms with van der Waals surface area (Å²) in [5.74, 6) is -0.298. The predicted octanol–water partition coefficient (Wildman–Crippen LogP) is 5.81. The third kappa shape index (κ3) is 6.90. The van der Waals surface area contributed by atoms with Gasteiger partial charge in [-0.2, -0.15) is 13.2 Å². The molecule has 9 heteroatoms. The zero-order valence-electron chi connectivity index (χ0n) is 19.2. The highest BCUT2D eigenvalue weighted by Gasteiger charge is 2.30. The van der Waals surface area contributed by atoms with Crippen LogP contribution in [0.1, 0.15) is 53.8 Å². The van der Waals surface area contributed by atoms with Gasteiger partial charge in [-0.25, -0.2) is 9.37 Å². The Hall–Kier alpha value is -3.20. The average molecular weight is 478 g/mol. The molecule has 1 aromatic heterocycles. The highest BCUT2D eigenvalue weighted by Crippen LogP contribution is 2.30. The molecule has 0 aliphatic carbocycles. The van der Waals surface area contributed by atoms with Crippen LogP contribution in [0.2, 0.25) is 0 Å². The molecular weight excluding hydrogens is 450 g/mol. The number of aromatic nitrogens is 1. The summed E-state index contributed by atoms with van der Waals surface area (Å²) in [5, 5.41) is 2.70. The number of carbonyl (C=O) groups excluding carboxylic acids is 1. The SMILES string of the molecule is CC(C)C(C)N(Cc1cccc(C(F)(F)F)c1)Cc1nc(C(=O)NCc2ccc(F)cc2)co1. The first-order chi connectivity index (χ1) is 16.0. The Morgan fingerprint density at radius 3 is 2.41 bits per heavy atom. The number of halogens is 4. The molecule has 0 spiro atoms. The van der Waals surface area contributed by atoms with Crippen LogP contribution in [0.3, 0.4) is 0 Å². The highest BCUT2D eigenvalue weighted by atomic mass is 19.4. The van der Waals surface area contributed by atoms with Gasteiger partial charge < -0.3 is 9.73 Å². The van der Waals surface area contributed by atoms with Crippen LogP contribution in [0.25, 0.3) is 0 Å². The van der Waals surface area contributed by atoms with Gasteiger partial charge in [0, 0.05) is 19.1 Å². The van der Waals surface area contributed by atoms with E-state index in [1.165, 1.54) is 24.5 Å². The largest absolute Gasteiger partial charge is 0.447 e. The molecule has 0 radical (unpaired) electrons. The van der Waals surface area contributed by atoms with Crippen molar-refractivity contribution in [1.82, 2.24) is 15.2 Å². The number of amides is 1. The first-order valence-corrected chi connectivity index (χ1v) is 10.9. The maximum atomic E-state index is 13.1. The lowest BCUT2D eigenvalue weighted by molar-refractivity contribution is -0.137. The van der Waals surface area contributed by atoms with Crippen molar-refractivity contribution in [3.63, 3.8) is 0 Å². The molecule has 5 nitrogen and oxygen atoms in total. The molecule has 0 saturated heterocycles. The van der Waals surface area contributed by atoms with Gasteiger partial charge in [-0.3, -0.25) is 9.69 Å². The number of nitrogens with one attached hydrogen (secondary N) is 1. The second-order valence-electron chi connectivity index (χ2n) is 8.52. The quantitative estimate of drug-likeness (QED) is 0.395. The third-order valence-electron chi connectivity index (χ3n) is 5.67. The van der Waals surface area contributed by atoms with Gasteiger partial charge in [-0.15, -0.1) is 0 Å². The molecule has 0 aliphatic rings. The number of carbonyl (C=O) groups is 1. The number of rotatable bonds is 9. The average Bonchev–Trinajstić information content (AvgIpc) is 3.26. The minimum absolute atomic E-state index is 0.0113. The van der Waals surface area contributed by atoms with Gasteiger partial charge in [0.2, 0.25) is 5.89 Å². The van der Waals surface area contributed by atoms with Crippen molar-refractivity contribution in [2.45, 2.75) is 52.6 Å². The summed E-state index contributed by atoms with van der Waals surface area (Å²) in [7, 11) is 0. The molecule has 1 heterocycles. The van der Waals surface area contributed by atoms with E-state index in [9.17, 15) is 22.4 Å². The Kier molecular flexibility index (Phi) is 8.09. The zero-order chi connectivity index (χ0) is 24.9. The Bertz CT molecular complexity index is 1090. The number of nitrogens with zero attached hydrogens (tertiary/aromatic N) is 2.